The predicted octanol–water partition coefficient (Wildman–Crippen LogP) is 7.87. The van der Waals surface area contributed by atoms with Gasteiger partial charge in [0.2, 0.25) is 0 Å². The molecule has 4 aromatic carbocycles. The molecule has 1 atom stereocenters. The summed E-state index contributed by atoms with van der Waals surface area (Å²) in [4.78, 5) is 12.8. The van der Waals surface area contributed by atoms with Crippen molar-refractivity contribution in [2.75, 3.05) is 0 Å². The van der Waals surface area contributed by atoms with E-state index in [1.54, 1.807) is 0 Å². The van der Waals surface area contributed by atoms with E-state index in [0.717, 1.165) is 63.8 Å². The molecule has 5 rings (SSSR count). The Morgan fingerprint density at radius 3 is 1.92 bits per heavy atom. The SMILES string of the molecule is CCCCCC(=O)OC1Cc2cc(C#Cc3ccccc3)ccc2-c2ccc(C#Cc3ccccc3)cc21. The van der Waals surface area contributed by atoms with Crippen LogP contribution >= 0.6 is 0 Å². The summed E-state index contributed by atoms with van der Waals surface area (Å²) in [5, 5.41) is 0. The molecule has 1 aliphatic rings. The van der Waals surface area contributed by atoms with E-state index >= 15 is 0 Å². The highest BCUT2D eigenvalue weighted by atomic mass is 16.5. The third-order valence-corrected chi connectivity index (χ3v) is 6.71. The zero-order valence-electron chi connectivity index (χ0n) is 21.7. The van der Waals surface area contributed by atoms with Gasteiger partial charge in [0.15, 0.2) is 0 Å². The van der Waals surface area contributed by atoms with Gasteiger partial charge >= 0.3 is 5.97 Å². The normalized spacial score (nSPS) is 13.1. The Morgan fingerprint density at radius 2 is 1.29 bits per heavy atom. The van der Waals surface area contributed by atoms with Gasteiger partial charge in [0.05, 0.1) is 0 Å². The van der Waals surface area contributed by atoms with Gasteiger partial charge in [-0.1, -0.05) is 92.0 Å². The van der Waals surface area contributed by atoms with E-state index in [2.05, 4.69) is 60.9 Å². The summed E-state index contributed by atoms with van der Waals surface area (Å²) in [6, 6.07) is 32.5. The summed E-state index contributed by atoms with van der Waals surface area (Å²) in [6.07, 6.45) is 3.68. The minimum atomic E-state index is -0.345. The average Bonchev–Trinajstić information content (AvgIpc) is 2.96. The van der Waals surface area contributed by atoms with Crippen LogP contribution in [0.4, 0.5) is 0 Å². The van der Waals surface area contributed by atoms with E-state index in [4.69, 9.17) is 4.74 Å². The lowest BCUT2D eigenvalue weighted by Gasteiger charge is -2.28. The molecule has 0 saturated heterocycles. The van der Waals surface area contributed by atoms with Gasteiger partial charge in [-0.25, -0.2) is 0 Å². The van der Waals surface area contributed by atoms with Gasteiger partial charge in [-0.3, -0.25) is 4.79 Å². The van der Waals surface area contributed by atoms with Crippen molar-refractivity contribution in [2.24, 2.45) is 0 Å². The standard InChI is InChI=1S/C36H30O2/c1-2-3-6-15-36(37)38-35-26-31-24-29(18-16-27-11-7-4-8-12-27)20-22-32(31)33-23-21-30(25-34(33)35)19-17-28-13-9-5-10-14-28/h4-5,7-14,20-25,35H,2-3,6,15,26H2,1H3. The van der Waals surface area contributed by atoms with Crippen molar-refractivity contribution in [3.63, 3.8) is 0 Å². The summed E-state index contributed by atoms with van der Waals surface area (Å²) < 4.78 is 6.09. The molecule has 1 unspecified atom stereocenters. The summed E-state index contributed by atoms with van der Waals surface area (Å²) in [6.45, 7) is 2.13. The fourth-order valence-electron chi connectivity index (χ4n) is 4.74. The second-order valence-corrected chi connectivity index (χ2v) is 9.55. The van der Waals surface area contributed by atoms with Gasteiger partial charge in [0.1, 0.15) is 6.10 Å². The van der Waals surface area contributed by atoms with Crippen molar-refractivity contribution < 1.29 is 9.53 Å². The fourth-order valence-corrected chi connectivity index (χ4v) is 4.74. The highest BCUT2D eigenvalue weighted by Gasteiger charge is 2.28. The topological polar surface area (TPSA) is 26.3 Å². The monoisotopic (exact) mass is 494 g/mol. The molecule has 0 aliphatic heterocycles. The first-order valence-electron chi connectivity index (χ1n) is 13.3. The van der Waals surface area contributed by atoms with Crippen LogP contribution in [0.15, 0.2) is 97.1 Å². The maximum Gasteiger partial charge on any atom is 0.306 e. The Hall–Kier alpha value is -4.53. The molecule has 0 radical (unpaired) electrons. The number of hydrogen-bond donors (Lipinski definition) is 0. The first kappa shape index (κ1) is 25.1. The maximum absolute atomic E-state index is 12.8. The highest BCUT2D eigenvalue weighted by molar-refractivity contribution is 5.77. The summed E-state index contributed by atoms with van der Waals surface area (Å²) in [5.74, 6) is 12.9. The van der Waals surface area contributed by atoms with Gasteiger partial charge in [0, 0.05) is 40.7 Å². The van der Waals surface area contributed by atoms with Crippen LogP contribution in [0.2, 0.25) is 0 Å². The van der Waals surface area contributed by atoms with Gasteiger partial charge in [-0.15, -0.1) is 0 Å². The van der Waals surface area contributed by atoms with E-state index < -0.39 is 0 Å². The minimum Gasteiger partial charge on any atom is -0.457 e. The molecule has 38 heavy (non-hydrogen) atoms. The molecule has 0 spiro atoms. The molecule has 0 aromatic heterocycles. The summed E-state index contributed by atoms with van der Waals surface area (Å²) in [5.41, 5.74) is 8.23. The summed E-state index contributed by atoms with van der Waals surface area (Å²) >= 11 is 0. The van der Waals surface area contributed by atoms with Crippen LogP contribution in [0, 0.1) is 23.7 Å². The van der Waals surface area contributed by atoms with Crippen molar-refractivity contribution in [1.29, 1.82) is 0 Å². The number of hydrogen-bond acceptors (Lipinski definition) is 2. The molecule has 186 valence electrons. The molecule has 0 bridgehead atoms. The Labute approximate surface area is 225 Å². The Kier molecular flexibility index (Phi) is 8.03. The van der Waals surface area contributed by atoms with E-state index in [-0.39, 0.29) is 12.1 Å². The molecule has 4 aromatic rings. The second kappa shape index (κ2) is 12.1. The van der Waals surface area contributed by atoms with Crippen LogP contribution < -0.4 is 0 Å². The van der Waals surface area contributed by atoms with Gasteiger partial charge in [-0.2, -0.15) is 0 Å². The molecule has 0 N–H and O–H groups in total. The Morgan fingerprint density at radius 1 is 0.711 bits per heavy atom. The van der Waals surface area contributed by atoms with E-state index in [0.29, 0.717) is 12.8 Å². The number of unbranched alkanes of at least 4 members (excludes halogenated alkanes) is 2. The predicted molar refractivity (Wildman–Crippen MR) is 153 cm³/mol. The largest absolute Gasteiger partial charge is 0.457 e. The van der Waals surface area contributed by atoms with Crippen LogP contribution in [-0.2, 0) is 16.0 Å². The zero-order valence-corrected chi connectivity index (χ0v) is 21.7. The molecule has 0 saturated carbocycles. The molecule has 2 nitrogen and oxygen atoms in total. The number of benzene rings is 4. The quantitative estimate of drug-likeness (QED) is 0.160. The van der Waals surface area contributed by atoms with E-state index in [1.165, 1.54) is 0 Å². The van der Waals surface area contributed by atoms with Crippen LogP contribution in [0.1, 0.15) is 72.1 Å². The number of ether oxygens (including phenoxy) is 1. The number of fused-ring (bicyclic) bond motifs is 3. The first-order chi connectivity index (χ1) is 18.7. The number of esters is 1. The Balaban J connectivity index is 1.48. The molecular formula is C36H30O2. The molecule has 0 fully saturated rings. The van der Waals surface area contributed by atoms with Crippen LogP contribution in [0.3, 0.4) is 0 Å². The number of rotatable bonds is 5. The van der Waals surface area contributed by atoms with Crippen LogP contribution in [0.5, 0.6) is 0 Å². The molecule has 2 heteroatoms. The Bertz CT molecular complexity index is 1540. The number of carbonyl (C=O) groups is 1. The molecule has 1 aliphatic carbocycles. The number of carbonyl (C=O) groups excluding carboxylic acids is 1. The van der Waals surface area contributed by atoms with E-state index in [9.17, 15) is 4.79 Å². The lowest BCUT2D eigenvalue weighted by atomic mass is 9.82. The maximum atomic E-state index is 12.8. The van der Waals surface area contributed by atoms with Crippen LogP contribution in [0.25, 0.3) is 11.1 Å². The minimum absolute atomic E-state index is 0.140. The van der Waals surface area contributed by atoms with Gasteiger partial charge < -0.3 is 4.74 Å². The smallest absolute Gasteiger partial charge is 0.306 e. The lowest BCUT2D eigenvalue weighted by Crippen LogP contribution is -2.18. The van der Waals surface area contributed by atoms with Crippen molar-refractivity contribution in [3.8, 4) is 34.8 Å². The third kappa shape index (κ3) is 6.23. The van der Waals surface area contributed by atoms with Crippen molar-refractivity contribution in [1.82, 2.24) is 0 Å². The van der Waals surface area contributed by atoms with Crippen LogP contribution in [-0.4, -0.2) is 5.97 Å². The van der Waals surface area contributed by atoms with Crippen molar-refractivity contribution >= 4 is 5.97 Å². The third-order valence-electron chi connectivity index (χ3n) is 6.71. The van der Waals surface area contributed by atoms with Gasteiger partial charge in [0.25, 0.3) is 0 Å². The lowest BCUT2D eigenvalue weighted by molar-refractivity contribution is -0.149. The highest BCUT2D eigenvalue weighted by Crippen LogP contribution is 2.41. The fraction of sp³-hybridized carbons (Fsp3) is 0.194. The molecule has 0 amide bonds. The second-order valence-electron chi connectivity index (χ2n) is 9.55. The van der Waals surface area contributed by atoms with E-state index in [1.807, 2.05) is 66.7 Å². The zero-order chi connectivity index (χ0) is 26.2. The van der Waals surface area contributed by atoms with Gasteiger partial charge in [-0.05, 0) is 71.6 Å². The average molecular weight is 495 g/mol. The van der Waals surface area contributed by atoms with Crippen molar-refractivity contribution in [3.05, 3.63) is 130 Å². The summed E-state index contributed by atoms with van der Waals surface area (Å²) in [7, 11) is 0. The molecule has 0 heterocycles. The van der Waals surface area contributed by atoms with Crippen molar-refractivity contribution in [2.45, 2.75) is 45.1 Å². The molecular weight excluding hydrogens is 464 g/mol. The first-order valence-corrected chi connectivity index (χ1v) is 13.3.